The van der Waals surface area contributed by atoms with E-state index in [2.05, 4.69) is 11.3 Å². The minimum absolute atomic E-state index is 0.208. The Kier molecular flexibility index (Phi) is 4.12. The highest BCUT2D eigenvalue weighted by Crippen LogP contribution is 1.96. The van der Waals surface area contributed by atoms with Gasteiger partial charge in [-0.25, -0.2) is 13.1 Å². The fraction of sp³-hybridized carbons (Fsp3) is 0.571. The van der Waals surface area contributed by atoms with Gasteiger partial charge in [-0.15, -0.1) is 6.58 Å². The maximum Gasteiger partial charge on any atom is 0.209 e. The van der Waals surface area contributed by atoms with E-state index in [1.807, 2.05) is 0 Å². The summed E-state index contributed by atoms with van der Waals surface area (Å²) in [6.45, 7) is 4.77. The Bertz CT molecular complexity index is 268. The Morgan fingerprint density at radius 3 is 2.42 bits per heavy atom. The molecule has 0 amide bonds. The average Bonchev–Trinajstić information content (AvgIpc) is 1.83. The highest BCUT2D eigenvalue weighted by molar-refractivity contribution is 7.88. The van der Waals surface area contributed by atoms with Crippen molar-refractivity contribution in [3.8, 4) is 0 Å². The van der Waals surface area contributed by atoms with Gasteiger partial charge in [0.1, 0.15) is 5.78 Å². The summed E-state index contributed by atoms with van der Waals surface area (Å²) >= 11 is 0. The van der Waals surface area contributed by atoms with Gasteiger partial charge >= 0.3 is 0 Å². The molecule has 0 aliphatic rings. The van der Waals surface area contributed by atoms with Crippen molar-refractivity contribution in [1.29, 1.82) is 0 Å². The third-order valence-corrected chi connectivity index (χ3v) is 1.96. The molecule has 0 aromatic rings. The molecule has 0 radical (unpaired) electrons. The number of nitrogens with one attached hydrogen (secondary N) is 1. The monoisotopic (exact) mass is 191 g/mol. The quantitative estimate of drug-likeness (QED) is 0.625. The predicted molar refractivity (Wildman–Crippen MR) is 47.3 cm³/mol. The van der Waals surface area contributed by atoms with Crippen molar-refractivity contribution < 1.29 is 13.2 Å². The second-order valence-corrected chi connectivity index (χ2v) is 4.36. The van der Waals surface area contributed by atoms with Crippen LogP contribution in [0.4, 0.5) is 0 Å². The first kappa shape index (κ1) is 11.3. The number of hydrogen-bond donors (Lipinski definition) is 1. The van der Waals surface area contributed by atoms with Gasteiger partial charge < -0.3 is 0 Å². The first-order valence-electron chi connectivity index (χ1n) is 3.45. The molecule has 5 heteroatoms. The summed E-state index contributed by atoms with van der Waals surface area (Å²) in [6, 6.07) is -0.669. The van der Waals surface area contributed by atoms with Gasteiger partial charge in [-0.05, 0) is 13.3 Å². The van der Waals surface area contributed by atoms with Gasteiger partial charge in [0, 0.05) is 0 Å². The van der Waals surface area contributed by atoms with Crippen LogP contribution in [0.2, 0.25) is 0 Å². The molecule has 4 nitrogen and oxygen atoms in total. The Morgan fingerprint density at radius 2 is 2.17 bits per heavy atom. The van der Waals surface area contributed by atoms with Gasteiger partial charge in [0.25, 0.3) is 0 Å². The van der Waals surface area contributed by atoms with Crippen LogP contribution >= 0.6 is 0 Å². The van der Waals surface area contributed by atoms with E-state index in [0.717, 1.165) is 6.26 Å². The van der Waals surface area contributed by atoms with E-state index >= 15 is 0 Å². The zero-order valence-corrected chi connectivity index (χ0v) is 8.02. The molecule has 0 aliphatic carbocycles. The van der Waals surface area contributed by atoms with Crippen molar-refractivity contribution in [2.45, 2.75) is 19.4 Å². The Balaban J connectivity index is 4.34. The molecule has 0 bridgehead atoms. The molecular weight excluding hydrogens is 178 g/mol. The van der Waals surface area contributed by atoms with Gasteiger partial charge in [-0.1, -0.05) is 6.08 Å². The number of carbonyl (C=O) groups is 1. The Labute approximate surface area is 72.7 Å². The van der Waals surface area contributed by atoms with Crippen molar-refractivity contribution in [3.63, 3.8) is 0 Å². The topological polar surface area (TPSA) is 63.2 Å². The zero-order valence-electron chi connectivity index (χ0n) is 7.20. The number of rotatable bonds is 5. The van der Waals surface area contributed by atoms with E-state index in [-0.39, 0.29) is 5.78 Å². The molecule has 0 saturated heterocycles. The normalized spacial score (nSPS) is 13.8. The molecule has 70 valence electrons. The Hall–Kier alpha value is -0.680. The van der Waals surface area contributed by atoms with Crippen LogP contribution in [0.1, 0.15) is 13.3 Å². The van der Waals surface area contributed by atoms with E-state index in [9.17, 15) is 13.2 Å². The first-order valence-corrected chi connectivity index (χ1v) is 5.34. The standard InChI is InChI=1S/C7H13NO3S/c1-4-5-7(6(2)9)8-12(3,10)11/h4,7-8H,1,5H2,2-3H3/t7-/m1/s1. The van der Waals surface area contributed by atoms with Crippen molar-refractivity contribution in [2.24, 2.45) is 0 Å². The lowest BCUT2D eigenvalue weighted by molar-refractivity contribution is -0.118. The van der Waals surface area contributed by atoms with Crippen molar-refractivity contribution >= 4 is 15.8 Å². The molecule has 0 rings (SSSR count). The third kappa shape index (κ3) is 5.03. The lowest BCUT2D eigenvalue weighted by atomic mass is 10.1. The minimum Gasteiger partial charge on any atom is -0.298 e. The summed E-state index contributed by atoms with van der Waals surface area (Å²) in [6.07, 6.45) is 2.85. The molecule has 0 aromatic heterocycles. The first-order chi connectivity index (χ1) is 5.37. The molecular formula is C7H13NO3S. The predicted octanol–water partition coefficient (Wildman–Crippen LogP) is 0.0693. The summed E-state index contributed by atoms with van der Waals surface area (Å²) in [5.41, 5.74) is 0. The van der Waals surface area contributed by atoms with Gasteiger partial charge in [-0.2, -0.15) is 0 Å². The Morgan fingerprint density at radius 1 is 1.67 bits per heavy atom. The zero-order chi connectivity index (χ0) is 9.78. The molecule has 0 spiro atoms. The maximum absolute atomic E-state index is 10.8. The van der Waals surface area contributed by atoms with Gasteiger partial charge in [0.15, 0.2) is 0 Å². The summed E-state index contributed by atoms with van der Waals surface area (Å²) in [5.74, 6) is -0.208. The van der Waals surface area contributed by atoms with Crippen LogP contribution in [0.3, 0.4) is 0 Å². The van der Waals surface area contributed by atoms with Gasteiger partial charge in [0.2, 0.25) is 10.0 Å². The average molecular weight is 191 g/mol. The molecule has 1 atom stereocenters. The van der Waals surface area contributed by atoms with E-state index < -0.39 is 16.1 Å². The van der Waals surface area contributed by atoms with E-state index in [0.29, 0.717) is 6.42 Å². The summed E-state index contributed by atoms with van der Waals surface area (Å²) < 4.78 is 23.7. The summed E-state index contributed by atoms with van der Waals surface area (Å²) in [4.78, 5) is 10.8. The summed E-state index contributed by atoms with van der Waals surface area (Å²) in [7, 11) is -3.31. The van der Waals surface area contributed by atoms with Crippen LogP contribution in [0.25, 0.3) is 0 Å². The smallest absolute Gasteiger partial charge is 0.209 e. The number of ketones is 1. The highest BCUT2D eigenvalue weighted by Gasteiger charge is 2.16. The molecule has 0 aromatic carbocycles. The van der Waals surface area contributed by atoms with Crippen molar-refractivity contribution in [2.75, 3.05) is 6.26 Å². The molecule has 0 fully saturated rings. The molecule has 12 heavy (non-hydrogen) atoms. The van der Waals surface area contributed by atoms with Crippen LogP contribution in [0, 0.1) is 0 Å². The van der Waals surface area contributed by atoms with Crippen LogP contribution in [0.5, 0.6) is 0 Å². The number of sulfonamides is 1. The van der Waals surface area contributed by atoms with Crippen LogP contribution in [0.15, 0.2) is 12.7 Å². The van der Waals surface area contributed by atoms with Gasteiger partial charge in [0.05, 0.1) is 12.3 Å². The second kappa shape index (κ2) is 4.37. The third-order valence-electron chi connectivity index (χ3n) is 1.25. The lowest BCUT2D eigenvalue weighted by Crippen LogP contribution is -2.38. The number of Topliss-reactive ketones (excluding diaryl/α,β-unsaturated/α-hetero) is 1. The fourth-order valence-corrected chi connectivity index (χ4v) is 1.50. The molecule has 1 N–H and O–H groups in total. The highest BCUT2D eigenvalue weighted by atomic mass is 32.2. The molecule has 0 saturated carbocycles. The molecule has 0 aliphatic heterocycles. The van der Waals surface area contributed by atoms with Crippen LogP contribution in [-0.2, 0) is 14.8 Å². The molecule has 0 unspecified atom stereocenters. The van der Waals surface area contributed by atoms with E-state index in [1.165, 1.54) is 13.0 Å². The molecule has 0 heterocycles. The lowest BCUT2D eigenvalue weighted by Gasteiger charge is -2.11. The maximum atomic E-state index is 10.8. The number of hydrogen-bond acceptors (Lipinski definition) is 3. The fourth-order valence-electron chi connectivity index (χ4n) is 0.722. The number of carbonyl (C=O) groups excluding carboxylic acids is 1. The SMILES string of the molecule is C=CC[C@@H](NS(C)(=O)=O)C(C)=O. The van der Waals surface area contributed by atoms with Crippen molar-refractivity contribution in [1.82, 2.24) is 4.72 Å². The van der Waals surface area contributed by atoms with E-state index in [4.69, 9.17) is 0 Å². The minimum atomic E-state index is -3.31. The second-order valence-electron chi connectivity index (χ2n) is 2.58. The largest absolute Gasteiger partial charge is 0.298 e. The van der Waals surface area contributed by atoms with E-state index in [1.54, 1.807) is 0 Å². The summed E-state index contributed by atoms with van der Waals surface area (Å²) in [5, 5.41) is 0. The van der Waals surface area contributed by atoms with Gasteiger partial charge in [-0.3, -0.25) is 4.79 Å². The van der Waals surface area contributed by atoms with Crippen LogP contribution < -0.4 is 4.72 Å². The van der Waals surface area contributed by atoms with Crippen LogP contribution in [-0.4, -0.2) is 26.5 Å². The van der Waals surface area contributed by atoms with Crippen molar-refractivity contribution in [3.05, 3.63) is 12.7 Å².